The number of amides is 1. The molecule has 0 saturated heterocycles. The fourth-order valence-electron chi connectivity index (χ4n) is 3.81. The smallest absolute Gasteiger partial charge is 0.243 e. The number of allylic oxidation sites excluding steroid dienone is 1. The molecule has 2 aromatic carbocycles. The summed E-state index contributed by atoms with van der Waals surface area (Å²) < 4.78 is 27.9. The lowest BCUT2D eigenvalue weighted by Crippen LogP contribution is -2.40. The standard InChI is InChI=1S/C25H32N2O3S/c1-20-11-13-24(14-12-20)31(29,30)27(18-23-10-6-7-21(2)17-23)19-25(28)26-16-15-22-8-4-3-5-9-22/h6-8,10-14,17H,3-5,9,15-16,18-19H2,1-2H3,(H,26,28). The first-order valence-electron chi connectivity index (χ1n) is 10.9. The number of hydrogen-bond donors (Lipinski definition) is 1. The third-order valence-electron chi connectivity index (χ3n) is 5.57. The van der Waals surface area contributed by atoms with Crippen molar-refractivity contribution >= 4 is 15.9 Å². The number of carbonyl (C=O) groups is 1. The number of sulfonamides is 1. The van der Waals surface area contributed by atoms with Crippen molar-refractivity contribution in [2.75, 3.05) is 13.1 Å². The molecule has 5 nitrogen and oxygen atoms in total. The van der Waals surface area contributed by atoms with Crippen LogP contribution in [0.5, 0.6) is 0 Å². The van der Waals surface area contributed by atoms with E-state index in [0.29, 0.717) is 6.54 Å². The van der Waals surface area contributed by atoms with Gasteiger partial charge >= 0.3 is 0 Å². The summed E-state index contributed by atoms with van der Waals surface area (Å²) in [5.74, 6) is -0.278. The van der Waals surface area contributed by atoms with Gasteiger partial charge in [-0.25, -0.2) is 8.42 Å². The summed E-state index contributed by atoms with van der Waals surface area (Å²) in [6.07, 6.45) is 7.74. The molecule has 1 amide bonds. The molecular weight excluding hydrogens is 408 g/mol. The number of carbonyl (C=O) groups excluding carboxylic acids is 1. The molecule has 1 aliphatic rings. The van der Waals surface area contributed by atoms with Crippen molar-refractivity contribution in [3.05, 3.63) is 76.9 Å². The van der Waals surface area contributed by atoms with E-state index < -0.39 is 10.0 Å². The largest absolute Gasteiger partial charge is 0.355 e. The van der Waals surface area contributed by atoms with E-state index in [9.17, 15) is 13.2 Å². The van der Waals surface area contributed by atoms with Gasteiger partial charge in [0.05, 0.1) is 11.4 Å². The molecule has 2 aromatic rings. The molecule has 0 unspecified atom stereocenters. The average Bonchev–Trinajstić information content (AvgIpc) is 2.74. The Balaban J connectivity index is 1.72. The maximum absolute atomic E-state index is 13.3. The van der Waals surface area contributed by atoms with Crippen molar-refractivity contribution in [3.8, 4) is 0 Å². The van der Waals surface area contributed by atoms with E-state index in [2.05, 4.69) is 11.4 Å². The van der Waals surface area contributed by atoms with Crippen LogP contribution in [-0.2, 0) is 21.4 Å². The molecule has 0 saturated carbocycles. The van der Waals surface area contributed by atoms with Gasteiger partial charge in [-0.05, 0) is 63.6 Å². The summed E-state index contributed by atoms with van der Waals surface area (Å²) in [6, 6.07) is 14.5. The molecule has 166 valence electrons. The molecule has 0 fully saturated rings. The Labute approximate surface area is 186 Å². The van der Waals surface area contributed by atoms with E-state index in [0.717, 1.165) is 36.0 Å². The molecule has 31 heavy (non-hydrogen) atoms. The highest BCUT2D eigenvalue weighted by Gasteiger charge is 2.27. The molecule has 0 bridgehead atoms. The highest BCUT2D eigenvalue weighted by atomic mass is 32.2. The Morgan fingerprint density at radius 1 is 1.03 bits per heavy atom. The zero-order valence-corrected chi connectivity index (χ0v) is 19.2. The number of rotatable bonds is 9. The van der Waals surface area contributed by atoms with Crippen LogP contribution in [0.15, 0.2) is 65.1 Å². The molecule has 0 atom stereocenters. The Kier molecular flexibility index (Phi) is 8.04. The van der Waals surface area contributed by atoms with Crippen LogP contribution in [0.25, 0.3) is 0 Å². The van der Waals surface area contributed by atoms with Gasteiger partial charge in [0, 0.05) is 13.1 Å². The van der Waals surface area contributed by atoms with Crippen molar-refractivity contribution in [3.63, 3.8) is 0 Å². The molecule has 0 heterocycles. The minimum absolute atomic E-state index is 0.149. The van der Waals surface area contributed by atoms with Gasteiger partial charge in [-0.1, -0.05) is 59.2 Å². The van der Waals surface area contributed by atoms with Crippen LogP contribution in [0, 0.1) is 13.8 Å². The summed E-state index contributed by atoms with van der Waals surface area (Å²) >= 11 is 0. The summed E-state index contributed by atoms with van der Waals surface area (Å²) in [5, 5.41) is 2.90. The number of aryl methyl sites for hydroxylation is 2. The highest BCUT2D eigenvalue weighted by molar-refractivity contribution is 7.89. The van der Waals surface area contributed by atoms with Crippen LogP contribution in [-0.4, -0.2) is 31.7 Å². The highest BCUT2D eigenvalue weighted by Crippen LogP contribution is 2.21. The van der Waals surface area contributed by atoms with Crippen LogP contribution >= 0.6 is 0 Å². The maximum atomic E-state index is 13.3. The molecule has 0 spiro atoms. The SMILES string of the molecule is Cc1ccc(S(=O)(=O)N(CC(=O)NCCC2=CCCCC2)Cc2cccc(C)c2)cc1. The average molecular weight is 441 g/mol. The number of benzene rings is 2. The van der Waals surface area contributed by atoms with Crippen LogP contribution in [0.2, 0.25) is 0 Å². The van der Waals surface area contributed by atoms with Gasteiger partial charge in [0.25, 0.3) is 0 Å². The molecule has 3 rings (SSSR count). The van der Waals surface area contributed by atoms with Gasteiger partial charge in [-0.2, -0.15) is 4.31 Å². The second kappa shape index (κ2) is 10.7. The van der Waals surface area contributed by atoms with E-state index in [1.54, 1.807) is 24.3 Å². The number of hydrogen-bond acceptors (Lipinski definition) is 3. The minimum atomic E-state index is -3.81. The third-order valence-corrected chi connectivity index (χ3v) is 7.38. The minimum Gasteiger partial charge on any atom is -0.355 e. The lowest BCUT2D eigenvalue weighted by molar-refractivity contribution is -0.121. The van der Waals surface area contributed by atoms with Crippen molar-refractivity contribution < 1.29 is 13.2 Å². The molecular formula is C25H32N2O3S. The van der Waals surface area contributed by atoms with Crippen molar-refractivity contribution in [1.29, 1.82) is 0 Å². The summed E-state index contributed by atoms with van der Waals surface area (Å²) in [5.41, 5.74) is 4.28. The topological polar surface area (TPSA) is 66.5 Å². The normalized spacial score (nSPS) is 14.4. The Bertz CT molecular complexity index is 1030. The van der Waals surface area contributed by atoms with Crippen LogP contribution in [0.4, 0.5) is 0 Å². The quantitative estimate of drug-likeness (QED) is 0.584. The van der Waals surface area contributed by atoms with E-state index in [4.69, 9.17) is 0 Å². The maximum Gasteiger partial charge on any atom is 0.243 e. The van der Waals surface area contributed by atoms with Gasteiger partial charge in [0.1, 0.15) is 0 Å². The molecule has 6 heteroatoms. The van der Waals surface area contributed by atoms with Crippen molar-refractivity contribution in [2.24, 2.45) is 0 Å². The first kappa shape index (κ1) is 23.2. The fraction of sp³-hybridized carbons (Fsp3) is 0.400. The van der Waals surface area contributed by atoms with Gasteiger partial charge in [0.15, 0.2) is 0 Å². The number of nitrogens with one attached hydrogen (secondary N) is 1. The van der Waals surface area contributed by atoms with Gasteiger partial charge in [0.2, 0.25) is 15.9 Å². The Morgan fingerprint density at radius 3 is 2.48 bits per heavy atom. The van der Waals surface area contributed by atoms with Crippen molar-refractivity contribution in [2.45, 2.75) is 57.4 Å². The van der Waals surface area contributed by atoms with E-state index >= 15 is 0 Å². The van der Waals surface area contributed by atoms with E-state index in [1.165, 1.54) is 22.7 Å². The molecule has 0 radical (unpaired) electrons. The molecule has 1 aliphatic carbocycles. The van der Waals surface area contributed by atoms with Crippen molar-refractivity contribution in [1.82, 2.24) is 9.62 Å². The molecule has 1 N–H and O–H groups in total. The zero-order valence-electron chi connectivity index (χ0n) is 18.4. The van der Waals surface area contributed by atoms with Gasteiger partial charge in [-0.15, -0.1) is 0 Å². The van der Waals surface area contributed by atoms with Crippen LogP contribution in [0.1, 0.15) is 48.8 Å². The van der Waals surface area contributed by atoms with E-state index in [-0.39, 0.29) is 23.9 Å². The fourth-order valence-corrected chi connectivity index (χ4v) is 5.19. The number of nitrogens with zero attached hydrogens (tertiary/aromatic N) is 1. The molecule has 0 aromatic heterocycles. The Hall–Kier alpha value is -2.44. The lowest BCUT2D eigenvalue weighted by Gasteiger charge is -2.22. The predicted molar refractivity (Wildman–Crippen MR) is 124 cm³/mol. The first-order valence-corrected chi connectivity index (χ1v) is 12.4. The summed E-state index contributed by atoms with van der Waals surface area (Å²) in [7, 11) is -3.81. The lowest BCUT2D eigenvalue weighted by atomic mass is 9.97. The predicted octanol–water partition coefficient (Wildman–Crippen LogP) is 4.50. The first-order chi connectivity index (χ1) is 14.8. The van der Waals surface area contributed by atoms with Crippen LogP contribution < -0.4 is 5.32 Å². The monoisotopic (exact) mass is 440 g/mol. The van der Waals surface area contributed by atoms with Gasteiger partial charge < -0.3 is 5.32 Å². The Morgan fingerprint density at radius 2 is 1.81 bits per heavy atom. The summed E-state index contributed by atoms with van der Waals surface area (Å²) in [6.45, 7) is 4.36. The second-order valence-electron chi connectivity index (χ2n) is 8.28. The van der Waals surface area contributed by atoms with Gasteiger partial charge in [-0.3, -0.25) is 4.79 Å². The van der Waals surface area contributed by atoms with Crippen LogP contribution in [0.3, 0.4) is 0 Å². The third kappa shape index (κ3) is 6.77. The van der Waals surface area contributed by atoms with E-state index in [1.807, 2.05) is 38.1 Å². The second-order valence-corrected chi connectivity index (χ2v) is 10.2. The molecule has 0 aliphatic heterocycles. The zero-order chi connectivity index (χ0) is 22.3. The summed E-state index contributed by atoms with van der Waals surface area (Å²) in [4.78, 5) is 12.8.